The summed E-state index contributed by atoms with van der Waals surface area (Å²) in [6.45, 7) is 6.66. The summed E-state index contributed by atoms with van der Waals surface area (Å²) in [6, 6.07) is 26.8. The number of carbonyl (C=O) groups is 1. The van der Waals surface area contributed by atoms with Crippen LogP contribution in [-0.4, -0.2) is 55.5 Å². The Morgan fingerprint density at radius 3 is 2.34 bits per heavy atom. The Bertz CT molecular complexity index is 1060. The predicted octanol–water partition coefficient (Wildman–Crippen LogP) is 5.04. The number of aryl methyl sites for hydroxylation is 2. The molecule has 3 aromatic carbocycles. The van der Waals surface area contributed by atoms with Gasteiger partial charge in [-0.15, -0.1) is 0 Å². The highest BCUT2D eigenvalue weighted by atomic mass is 16.5. The maximum absolute atomic E-state index is 12.7. The van der Waals surface area contributed by atoms with E-state index >= 15 is 0 Å². The first kappa shape index (κ1) is 25.0. The Kier molecular flexibility index (Phi) is 8.93. The number of hydrogen-bond acceptors (Lipinski definition) is 4. The van der Waals surface area contributed by atoms with Crippen LogP contribution in [0.4, 0.5) is 0 Å². The van der Waals surface area contributed by atoms with E-state index in [-0.39, 0.29) is 12.0 Å². The number of amides is 1. The van der Waals surface area contributed by atoms with Crippen molar-refractivity contribution in [1.82, 2.24) is 9.80 Å². The summed E-state index contributed by atoms with van der Waals surface area (Å²) in [4.78, 5) is 17.2. The van der Waals surface area contributed by atoms with Crippen LogP contribution in [0.5, 0.6) is 5.75 Å². The van der Waals surface area contributed by atoms with Crippen molar-refractivity contribution >= 4 is 5.91 Å². The molecule has 3 aromatic rings. The maximum atomic E-state index is 12.7. The molecule has 0 spiro atoms. The van der Waals surface area contributed by atoms with E-state index in [0.29, 0.717) is 13.0 Å². The zero-order chi connectivity index (χ0) is 24.5. The summed E-state index contributed by atoms with van der Waals surface area (Å²) in [5, 5.41) is 0. The van der Waals surface area contributed by atoms with Crippen LogP contribution in [0, 0.1) is 6.92 Å². The average Bonchev–Trinajstić information content (AvgIpc) is 2.91. The van der Waals surface area contributed by atoms with Crippen molar-refractivity contribution in [2.24, 2.45) is 0 Å². The SMILES string of the molecule is COc1cccc([C@H](CN2CCN(C(=O)CCc3ccccc3)CC2)OCc2ccc(C)cc2)c1. The molecule has 1 heterocycles. The van der Waals surface area contributed by atoms with E-state index in [4.69, 9.17) is 9.47 Å². The number of methoxy groups -OCH3 is 1. The molecule has 1 atom stereocenters. The van der Waals surface area contributed by atoms with E-state index in [1.807, 2.05) is 35.2 Å². The molecule has 0 N–H and O–H groups in total. The minimum atomic E-state index is -0.0771. The maximum Gasteiger partial charge on any atom is 0.222 e. The molecule has 1 aliphatic heterocycles. The molecule has 1 aliphatic rings. The monoisotopic (exact) mass is 472 g/mol. The number of hydrogen-bond donors (Lipinski definition) is 0. The summed E-state index contributed by atoms with van der Waals surface area (Å²) < 4.78 is 11.9. The number of benzene rings is 3. The normalized spacial score (nSPS) is 15.1. The highest BCUT2D eigenvalue weighted by molar-refractivity contribution is 5.76. The van der Waals surface area contributed by atoms with Gasteiger partial charge in [0.25, 0.3) is 0 Å². The van der Waals surface area contributed by atoms with Gasteiger partial charge in [0.05, 0.1) is 19.8 Å². The lowest BCUT2D eigenvalue weighted by Crippen LogP contribution is -2.49. The Morgan fingerprint density at radius 1 is 0.886 bits per heavy atom. The molecule has 5 heteroatoms. The molecule has 5 nitrogen and oxygen atoms in total. The topological polar surface area (TPSA) is 42.0 Å². The Hall–Kier alpha value is -3.15. The second kappa shape index (κ2) is 12.5. The van der Waals surface area contributed by atoms with Crippen LogP contribution in [0.25, 0.3) is 0 Å². The van der Waals surface area contributed by atoms with Gasteiger partial charge in [0.2, 0.25) is 5.91 Å². The lowest BCUT2D eigenvalue weighted by molar-refractivity contribution is -0.133. The lowest BCUT2D eigenvalue weighted by Gasteiger charge is -2.36. The van der Waals surface area contributed by atoms with Crippen LogP contribution in [-0.2, 0) is 22.6 Å². The summed E-state index contributed by atoms with van der Waals surface area (Å²) >= 11 is 0. The number of carbonyl (C=O) groups excluding carboxylic acids is 1. The van der Waals surface area contributed by atoms with Crippen LogP contribution < -0.4 is 4.74 Å². The van der Waals surface area contributed by atoms with Crippen LogP contribution in [0.2, 0.25) is 0 Å². The predicted molar refractivity (Wildman–Crippen MR) is 139 cm³/mol. The zero-order valence-corrected chi connectivity index (χ0v) is 20.9. The first-order chi connectivity index (χ1) is 17.1. The first-order valence-electron chi connectivity index (χ1n) is 12.5. The van der Waals surface area contributed by atoms with Crippen LogP contribution in [0.3, 0.4) is 0 Å². The van der Waals surface area contributed by atoms with Gasteiger partial charge >= 0.3 is 0 Å². The van der Waals surface area contributed by atoms with Crippen molar-refractivity contribution in [2.75, 3.05) is 39.8 Å². The van der Waals surface area contributed by atoms with Crippen molar-refractivity contribution in [3.05, 3.63) is 101 Å². The van der Waals surface area contributed by atoms with Crippen molar-refractivity contribution in [2.45, 2.75) is 32.5 Å². The molecule has 0 aromatic heterocycles. The van der Waals surface area contributed by atoms with Gasteiger partial charge in [-0.1, -0.05) is 72.3 Å². The van der Waals surface area contributed by atoms with E-state index in [2.05, 4.69) is 60.4 Å². The molecule has 1 fully saturated rings. The second-order valence-corrected chi connectivity index (χ2v) is 9.23. The quantitative estimate of drug-likeness (QED) is 0.415. The van der Waals surface area contributed by atoms with E-state index < -0.39 is 0 Å². The van der Waals surface area contributed by atoms with Crippen molar-refractivity contribution < 1.29 is 14.3 Å². The van der Waals surface area contributed by atoms with Gasteiger partial charge in [-0.3, -0.25) is 9.69 Å². The molecule has 4 rings (SSSR count). The average molecular weight is 473 g/mol. The molecule has 1 saturated heterocycles. The van der Waals surface area contributed by atoms with Crippen LogP contribution in [0.1, 0.15) is 34.8 Å². The van der Waals surface area contributed by atoms with E-state index in [0.717, 1.165) is 56.0 Å². The van der Waals surface area contributed by atoms with Crippen molar-refractivity contribution in [3.63, 3.8) is 0 Å². The summed E-state index contributed by atoms with van der Waals surface area (Å²) in [5.41, 5.74) is 4.73. The van der Waals surface area contributed by atoms with Gasteiger partial charge in [-0.05, 0) is 42.2 Å². The molecular formula is C30H36N2O3. The molecule has 0 radical (unpaired) electrons. The second-order valence-electron chi connectivity index (χ2n) is 9.23. The summed E-state index contributed by atoms with van der Waals surface area (Å²) in [7, 11) is 1.69. The molecular weight excluding hydrogens is 436 g/mol. The van der Waals surface area contributed by atoms with E-state index in [9.17, 15) is 4.79 Å². The fraction of sp³-hybridized carbons (Fsp3) is 0.367. The molecule has 0 bridgehead atoms. The third-order valence-electron chi connectivity index (χ3n) is 6.66. The molecule has 0 saturated carbocycles. The van der Waals surface area contributed by atoms with Gasteiger partial charge in [0.15, 0.2) is 0 Å². The highest BCUT2D eigenvalue weighted by Crippen LogP contribution is 2.25. The standard InChI is InChI=1S/C30H36N2O3/c1-24-11-13-26(14-12-24)23-35-29(27-9-6-10-28(21-27)34-2)22-31-17-19-32(20-18-31)30(33)16-15-25-7-4-3-5-8-25/h3-14,21,29H,15-20,22-23H2,1-2H3/t29-/m0/s1. The number of ether oxygens (including phenoxy) is 2. The fourth-order valence-corrected chi connectivity index (χ4v) is 4.45. The smallest absolute Gasteiger partial charge is 0.222 e. The minimum Gasteiger partial charge on any atom is -0.497 e. The third-order valence-corrected chi connectivity index (χ3v) is 6.66. The molecule has 0 aliphatic carbocycles. The third kappa shape index (κ3) is 7.41. The largest absolute Gasteiger partial charge is 0.497 e. The lowest BCUT2D eigenvalue weighted by atomic mass is 10.1. The van der Waals surface area contributed by atoms with Gasteiger partial charge in [0.1, 0.15) is 5.75 Å². The van der Waals surface area contributed by atoms with Crippen molar-refractivity contribution in [3.8, 4) is 5.75 Å². The number of nitrogens with zero attached hydrogens (tertiary/aromatic N) is 2. The molecule has 35 heavy (non-hydrogen) atoms. The van der Waals surface area contributed by atoms with Crippen LogP contribution in [0.15, 0.2) is 78.9 Å². The fourth-order valence-electron chi connectivity index (χ4n) is 4.45. The number of rotatable bonds is 10. The molecule has 0 unspecified atom stereocenters. The van der Waals surface area contributed by atoms with Gasteiger partial charge in [0, 0.05) is 39.1 Å². The van der Waals surface area contributed by atoms with Crippen LogP contribution >= 0.6 is 0 Å². The number of piperazine rings is 1. The Labute approximate surface area is 209 Å². The Morgan fingerprint density at radius 2 is 1.63 bits per heavy atom. The highest BCUT2D eigenvalue weighted by Gasteiger charge is 2.24. The molecule has 184 valence electrons. The van der Waals surface area contributed by atoms with Crippen molar-refractivity contribution in [1.29, 1.82) is 0 Å². The van der Waals surface area contributed by atoms with Gasteiger partial charge in [-0.2, -0.15) is 0 Å². The summed E-state index contributed by atoms with van der Waals surface area (Å²) in [6.07, 6.45) is 1.28. The van der Waals surface area contributed by atoms with E-state index in [1.54, 1.807) is 7.11 Å². The zero-order valence-electron chi connectivity index (χ0n) is 20.9. The first-order valence-corrected chi connectivity index (χ1v) is 12.5. The van der Waals surface area contributed by atoms with E-state index in [1.165, 1.54) is 11.1 Å². The van der Waals surface area contributed by atoms with Gasteiger partial charge < -0.3 is 14.4 Å². The summed E-state index contributed by atoms with van der Waals surface area (Å²) in [5.74, 6) is 1.08. The Balaban J connectivity index is 1.33. The van der Waals surface area contributed by atoms with Gasteiger partial charge in [-0.25, -0.2) is 0 Å². The molecule has 1 amide bonds. The minimum absolute atomic E-state index is 0.0771.